The minimum absolute atomic E-state index is 0.0148. The highest BCUT2D eigenvalue weighted by Gasteiger charge is 2.46. The van der Waals surface area contributed by atoms with Crippen LogP contribution < -0.4 is 27.9 Å². The number of nitrogens with one attached hydrogen (secondary N) is 3. The summed E-state index contributed by atoms with van der Waals surface area (Å²) in [5, 5.41) is 45.4. The van der Waals surface area contributed by atoms with Crippen LogP contribution >= 0.6 is 0 Å². The summed E-state index contributed by atoms with van der Waals surface area (Å²) in [7, 11) is 0. The standard InChI is InChI=1S/C22H29N11O8/c23-21-28-15-10(17(38)30-21)26-5-32(15)19-13(36)9(8(4-34)41-19)25-3-1-2-7-12(35)14(37)20(40-7)33-6-27-11-16(33)29-22(24)31-18(11)39/h5-9,12-14,19-20,25,34-37H,1-4H2,(H3,23,28,30,38)(H3,24,29,31,39)/t7-,8-,9-,12-,13-,14-,19-,20-/m1/s1. The number of anilines is 2. The molecule has 0 radical (unpaired) electrons. The number of fused-ring (bicyclic) bond motifs is 2. The SMILES string of the molecule is Nc1nc2c(ncn2[C@@H]2O[C@H](CCCN[C@H]3[C@@H](O)[C@H](n4cnc5c(=O)[nH]c(N)nc54)O[C@@H]3CO)[C@@H](O)[C@H]2O)c(=O)[nH]1. The molecule has 0 saturated carbocycles. The molecule has 0 bridgehead atoms. The first-order valence-electron chi connectivity index (χ1n) is 12.8. The molecule has 0 aromatic carbocycles. The van der Waals surface area contributed by atoms with Crippen molar-refractivity contribution < 1.29 is 29.9 Å². The second-order valence-electron chi connectivity index (χ2n) is 9.96. The van der Waals surface area contributed by atoms with E-state index in [4.69, 9.17) is 20.9 Å². The average molecular weight is 576 g/mol. The molecule has 2 saturated heterocycles. The van der Waals surface area contributed by atoms with Crippen molar-refractivity contribution in [1.29, 1.82) is 0 Å². The molecule has 4 aromatic rings. The van der Waals surface area contributed by atoms with E-state index < -0.39 is 66.7 Å². The Morgan fingerprint density at radius 2 is 1.39 bits per heavy atom. The lowest BCUT2D eigenvalue weighted by atomic mass is 10.0. The van der Waals surface area contributed by atoms with Gasteiger partial charge in [-0.1, -0.05) is 0 Å². The molecule has 6 heterocycles. The number of H-pyrrole nitrogens is 2. The first kappa shape index (κ1) is 27.2. The van der Waals surface area contributed by atoms with E-state index in [1.165, 1.54) is 21.8 Å². The largest absolute Gasteiger partial charge is 0.394 e. The molecule has 0 spiro atoms. The van der Waals surface area contributed by atoms with Gasteiger partial charge in [0.2, 0.25) is 11.9 Å². The van der Waals surface area contributed by atoms with Gasteiger partial charge in [0.1, 0.15) is 24.4 Å². The summed E-state index contributed by atoms with van der Waals surface area (Å²) in [6, 6.07) is -0.693. The fraction of sp³-hybridized carbons (Fsp3) is 0.545. The lowest BCUT2D eigenvalue weighted by Gasteiger charge is -2.21. The first-order chi connectivity index (χ1) is 19.7. The third-order valence-corrected chi connectivity index (χ3v) is 7.39. The lowest BCUT2D eigenvalue weighted by molar-refractivity contribution is -0.0490. The normalized spacial score (nSPS) is 30.1. The Balaban J connectivity index is 1.09. The molecule has 4 aromatic heterocycles. The van der Waals surface area contributed by atoms with Crippen LogP contribution in [0.4, 0.5) is 11.9 Å². The van der Waals surface area contributed by atoms with Crippen molar-refractivity contribution in [3.05, 3.63) is 33.4 Å². The Kier molecular flexibility index (Phi) is 6.93. The fourth-order valence-electron chi connectivity index (χ4n) is 5.41. The number of imidazole rings is 2. The van der Waals surface area contributed by atoms with Gasteiger partial charge in [-0.05, 0) is 19.4 Å². The number of hydrogen-bond donors (Lipinski definition) is 9. The van der Waals surface area contributed by atoms with Crippen LogP contribution in [0.5, 0.6) is 0 Å². The molecule has 19 nitrogen and oxygen atoms in total. The van der Waals surface area contributed by atoms with E-state index in [1.54, 1.807) is 0 Å². The van der Waals surface area contributed by atoms with Gasteiger partial charge in [-0.15, -0.1) is 0 Å². The van der Waals surface area contributed by atoms with Crippen molar-refractivity contribution in [3.8, 4) is 0 Å². The molecular formula is C22H29N11O8. The van der Waals surface area contributed by atoms with Crippen LogP contribution in [0.1, 0.15) is 25.3 Å². The van der Waals surface area contributed by atoms with Crippen LogP contribution in [0, 0.1) is 0 Å². The number of nitrogens with two attached hydrogens (primary N) is 2. The van der Waals surface area contributed by atoms with Gasteiger partial charge in [-0.3, -0.25) is 28.7 Å². The maximum atomic E-state index is 12.1. The maximum Gasteiger partial charge on any atom is 0.280 e. The van der Waals surface area contributed by atoms with Crippen molar-refractivity contribution >= 4 is 34.2 Å². The fourth-order valence-corrected chi connectivity index (χ4v) is 5.41. The second kappa shape index (κ2) is 10.4. The topological polar surface area (TPSA) is 291 Å². The molecule has 2 fully saturated rings. The highest BCUT2D eigenvalue weighted by Crippen LogP contribution is 2.34. The van der Waals surface area contributed by atoms with E-state index in [0.717, 1.165) is 0 Å². The van der Waals surface area contributed by atoms with Crippen molar-refractivity contribution in [2.75, 3.05) is 24.6 Å². The Labute approximate surface area is 228 Å². The Hall–Kier alpha value is -3.98. The summed E-state index contributed by atoms with van der Waals surface area (Å²) in [6.45, 7) is -0.0642. The average Bonchev–Trinajstić information content (AvgIpc) is 3.68. The Morgan fingerprint density at radius 1 is 0.854 bits per heavy atom. The molecule has 220 valence electrons. The zero-order valence-corrected chi connectivity index (χ0v) is 21.4. The molecule has 0 aliphatic carbocycles. The van der Waals surface area contributed by atoms with Gasteiger partial charge in [0, 0.05) is 0 Å². The number of ether oxygens (including phenoxy) is 2. The van der Waals surface area contributed by atoms with Crippen LogP contribution in [0.15, 0.2) is 22.2 Å². The number of aliphatic hydroxyl groups excluding tert-OH is 4. The van der Waals surface area contributed by atoms with E-state index in [1.807, 2.05) is 0 Å². The molecule has 6 rings (SSSR count). The zero-order valence-electron chi connectivity index (χ0n) is 21.4. The van der Waals surface area contributed by atoms with Crippen LogP contribution in [0.3, 0.4) is 0 Å². The summed E-state index contributed by atoms with van der Waals surface area (Å²) in [6.07, 6.45) is -3.94. The van der Waals surface area contributed by atoms with E-state index in [9.17, 15) is 30.0 Å². The highest BCUT2D eigenvalue weighted by atomic mass is 16.6. The number of rotatable bonds is 8. The molecular weight excluding hydrogens is 546 g/mol. The molecule has 11 N–H and O–H groups in total. The summed E-state index contributed by atoms with van der Waals surface area (Å²) >= 11 is 0. The minimum atomic E-state index is -1.32. The monoisotopic (exact) mass is 575 g/mol. The van der Waals surface area contributed by atoms with Gasteiger partial charge < -0.3 is 46.7 Å². The number of nitrogen functional groups attached to an aromatic ring is 2. The Bertz CT molecular complexity index is 1680. The van der Waals surface area contributed by atoms with E-state index in [0.29, 0.717) is 19.4 Å². The predicted octanol–water partition coefficient (Wildman–Crippen LogP) is -3.97. The van der Waals surface area contributed by atoms with Crippen molar-refractivity contribution in [3.63, 3.8) is 0 Å². The summed E-state index contributed by atoms with van der Waals surface area (Å²) in [5.74, 6) is -0.249. The van der Waals surface area contributed by atoms with Crippen molar-refractivity contribution in [2.45, 2.75) is 61.9 Å². The van der Waals surface area contributed by atoms with Gasteiger partial charge in [0.25, 0.3) is 11.1 Å². The summed E-state index contributed by atoms with van der Waals surface area (Å²) in [4.78, 5) is 45.1. The van der Waals surface area contributed by atoms with Crippen LogP contribution in [-0.4, -0.2) is 109 Å². The van der Waals surface area contributed by atoms with Gasteiger partial charge >= 0.3 is 0 Å². The number of nitrogens with zero attached hydrogens (tertiary/aromatic N) is 6. The van der Waals surface area contributed by atoms with Crippen LogP contribution in [0.2, 0.25) is 0 Å². The maximum absolute atomic E-state index is 12.1. The molecule has 0 unspecified atom stereocenters. The number of aliphatic hydroxyl groups is 4. The number of aromatic amines is 2. The minimum Gasteiger partial charge on any atom is -0.394 e. The molecule has 8 atom stereocenters. The summed E-state index contributed by atoms with van der Waals surface area (Å²) < 4.78 is 14.5. The number of hydrogen-bond acceptors (Lipinski definition) is 15. The van der Waals surface area contributed by atoms with E-state index in [2.05, 4.69) is 35.2 Å². The third kappa shape index (κ3) is 4.62. The van der Waals surface area contributed by atoms with Crippen LogP contribution in [0.25, 0.3) is 22.3 Å². The predicted molar refractivity (Wildman–Crippen MR) is 139 cm³/mol. The van der Waals surface area contributed by atoms with E-state index >= 15 is 0 Å². The smallest absolute Gasteiger partial charge is 0.280 e. The van der Waals surface area contributed by atoms with E-state index in [-0.39, 0.29) is 34.2 Å². The first-order valence-corrected chi connectivity index (χ1v) is 12.8. The van der Waals surface area contributed by atoms with Gasteiger partial charge in [0.15, 0.2) is 34.8 Å². The molecule has 19 heteroatoms. The van der Waals surface area contributed by atoms with Gasteiger partial charge in [-0.2, -0.15) is 9.97 Å². The quantitative estimate of drug-likeness (QED) is 0.0905. The third-order valence-electron chi connectivity index (χ3n) is 7.39. The van der Waals surface area contributed by atoms with Gasteiger partial charge in [0.05, 0.1) is 31.4 Å². The molecule has 41 heavy (non-hydrogen) atoms. The highest BCUT2D eigenvalue weighted by molar-refractivity contribution is 5.71. The van der Waals surface area contributed by atoms with Crippen molar-refractivity contribution in [1.82, 2.24) is 44.4 Å². The van der Waals surface area contributed by atoms with Crippen molar-refractivity contribution in [2.24, 2.45) is 0 Å². The lowest BCUT2D eigenvalue weighted by Crippen LogP contribution is -2.46. The zero-order chi connectivity index (χ0) is 29.0. The molecule has 2 aliphatic rings. The van der Waals surface area contributed by atoms with Gasteiger partial charge in [-0.25, -0.2) is 9.97 Å². The summed E-state index contributed by atoms with van der Waals surface area (Å²) in [5.41, 5.74) is 10.5. The number of aromatic nitrogens is 8. The Morgan fingerprint density at radius 3 is 1.95 bits per heavy atom. The van der Waals surface area contributed by atoms with Crippen LogP contribution in [-0.2, 0) is 9.47 Å². The second-order valence-corrected chi connectivity index (χ2v) is 9.96. The molecule has 0 amide bonds. The molecule has 2 aliphatic heterocycles.